The van der Waals surface area contributed by atoms with Gasteiger partial charge in [-0.15, -0.1) is 0 Å². The van der Waals surface area contributed by atoms with Crippen molar-refractivity contribution < 1.29 is 19.4 Å². The SMILES string of the molecule is Cc1ccc(NC(=O)COC(=O)CC23C[C@@H]4C[C@@H](CC(O)(C4)C2)C3)cc1Cl. The average molecular weight is 392 g/mol. The summed E-state index contributed by atoms with van der Waals surface area (Å²) in [4.78, 5) is 24.4. The van der Waals surface area contributed by atoms with Gasteiger partial charge in [-0.05, 0) is 80.4 Å². The van der Waals surface area contributed by atoms with Gasteiger partial charge in [0.15, 0.2) is 6.61 Å². The number of anilines is 1. The summed E-state index contributed by atoms with van der Waals surface area (Å²) in [6.07, 6.45) is 5.91. The second-order valence-electron chi connectivity index (χ2n) is 9.03. The summed E-state index contributed by atoms with van der Waals surface area (Å²) in [7, 11) is 0. The summed E-state index contributed by atoms with van der Waals surface area (Å²) >= 11 is 6.05. The smallest absolute Gasteiger partial charge is 0.306 e. The first-order valence-electron chi connectivity index (χ1n) is 9.68. The molecule has 0 aliphatic heterocycles. The number of hydrogen-bond acceptors (Lipinski definition) is 4. The minimum absolute atomic E-state index is 0.142. The van der Waals surface area contributed by atoms with Gasteiger partial charge in [-0.2, -0.15) is 0 Å². The summed E-state index contributed by atoms with van der Waals surface area (Å²) in [5.41, 5.74) is 0.775. The zero-order valence-corrected chi connectivity index (χ0v) is 16.3. The molecule has 2 N–H and O–H groups in total. The third-order valence-corrected chi connectivity index (χ3v) is 6.90. The van der Waals surface area contributed by atoms with Crippen molar-refractivity contribution in [3.63, 3.8) is 0 Å². The van der Waals surface area contributed by atoms with E-state index in [1.165, 1.54) is 6.42 Å². The molecule has 5 nitrogen and oxygen atoms in total. The third kappa shape index (κ3) is 3.99. The third-order valence-electron chi connectivity index (χ3n) is 6.49. The largest absolute Gasteiger partial charge is 0.456 e. The number of hydrogen-bond donors (Lipinski definition) is 2. The van der Waals surface area contributed by atoms with Gasteiger partial charge >= 0.3 is 5.97 Å². The second-order valence-corrected chi connectivity index (χ2v) is 9.44. The van der Waals surface area contributed by atoms with Gasteiger partial charge in [0.25, 0.3) is 5.91 Å². The number of nitrogens with one attached hydrogen (secondary N) is 1. The van der Waals surface area contributed by atoms with Crippen molar-refractivity contribution in [2.45, 2.75) is 57.5 Å². The summed E-state index contributed by atoms with van der Waals surface area (Å²) in [6, 6.07) is 5.26. The van der Waals surface area contributed by atoms with Crippen LogP contribution in [0.2, 0.25) is 5.02 Å². The van der Waals surface area contributed by atoms with Gasteiger partial charge < -0.3 is 15.2 Å². The van der Waals surface area contributed by atoms with E-state index < -0.39 is 5.60 Å². The number of benzene rings is 1. The molecular weight excluding hydrogens is 366 g/mol. The van der Waals surface area contributed by atoms with Crippen molar-refractivity contribution in [3.05, 3.63) is 28.8 Å². The number of carbonyl (C=O) groups excluding carboxylic acids is 2. The van der Waals surface area contributed by atoms with Crippen LogP contribution in [0, 0.1) is 24.2 Å². The van der Waals surface area contributed by atoms with Crippen molar-refractivity contribution in [3.8, 4) is 0 Å². The molecule has 1 amide bonds. The van der Waals surface area contributed by atoms with Crippen LogP contribution in [0.25, 0.3) is 0 Å². The molecule has 0 radical (unpaired) electrons. The summed E-state index contributed by atoms with van der Waals surface area (Å²) < 4.78 is 5.24. The van der Waals surface area contributed by atoms with E-state index >= 15 is 0 Å². The van der Waals surface area contributed by atoms with Crippen molar-refractivity contribution in [1.29, 1.82) is 0 Å². The van der Waals surface area contributed by atoms with Gasteiger partial charge in [0.05, 0.1) is 12.0 Å². The Morgan fingerprint density at radius 1 is 1.26 bits per heavy atom. The highest BCUT2D eigenvalue weighted by molar-refractivity contribution is 6.31. The van der Waals surface area contributed by atoms with Crippen LogP contribution in [0.3, 0.4) is 0 Å². The van der Waals surface area contributed by atoms with Crippen LogP contribution in [0.1, 0.15) is 50.5 Å². The minimum Gasteiger partial charge on any atom is -0.456 e. The molecule has 146 valence electrons. The Morgan fingerprint density at radius 2 is 1.96 bits per heavy atom. The lowest BCUT2D eigenvalue weighted by molar-refractivity contribution is -0.177. The van der Waals surface area contributed by atoms with E-state index in [1.807, 2.05) is 13.0 Å². The van der Waals surface area contributed by atoms with Crippen LogP contribution in [0.4, 0.5) is 5.69 Å². The Hall–Kier alpha value is -1.59. The second kappa shape index (κ2) is 6.78. The van der Waals surface area contributed by atoms with Crippen LogP contribution in [-0.4, -0.2) is 29.2 Å². The molecule has 4 aliphatic carbocycles. The van der Waals surface area contributed by atoms with Gasteiger partial charge in [0.2, 0.25) is 0 Å². The van der Waals surface area contributed by atoms with Crippen molar-refractivity contribution in [1.82, 2.24) is 0 Å². The maximum absolute atomic E-state index is 12.4. The Morgan fingerprint density at radius 3 is 2.59 bits per heavy atom. The fourth-order valence-electron chi connectivity index (χ4n) is 5.98. The molecule has 4 atom stereocenters. The molecule has 6 heteroatoms. The Labute approximate surface area is 164 Å². The molecule has 2 unspecified atom stereocenters. The summed E-state index contributed by atoms with van der Waals surface area (Å²) in [5, 5.41) is 14.0. The number of amides is 1. The Kier molecular flexibility index (Phi) is 4.71. The lowest BCUT2D eigenvalue weighted by atomic mass is 9.47. The first kappa shape index (κ1) is 18.8. The maximum atomic E-state index is 12.4. The van der Waals surface area contributed by atoms with Crippen LogP contribution < -0.4 is 5.32 Å². The van der Waals surface area contributed by atoms with E-state index in [4.69, 9.17) is 16.3 Å². The molecule has 0 saturated heterocycles. The zero-order chi connectivity index (χ0) is 19.2. The zero-order valence-electron chi connectivity index (χ0n) is 15.6. The highest BCUT2D eigenvalue weighted by atomic mass is 35.5. The first-order valence-corrected chi connectivity index (χ1v) is 10.1. The number of ether oxygens (including phenoxy) is 1. The predicted octanol–water partition coefficient (Wildman–Crippen LogP) is 3.85. The number of aliphatic hydroxyl groups is 1. The van der Waals surface area contributed by atoms with Crippen LogP contribution >= 0.6 is 11.6 Å². The quantitative estimate of drug-likeness (QED) is 0.747. The Bertz CT molecular complexity index is 763. The lowest BCUT2D eigenvalue weighted by Gasteiger charge is -2.60. The monoisotopic (exact) mass is 391 g/mol. The van der Waals surface area contributed by atoms with Crippen LogP contribution in [0.5, 0.6) is 0 Å². The molecule has 4 fully saturated rings. The molecular formula is C21H26ClNO4. The van der Waals surface area contributed by atoms with Gasteiger partial charge in [-0.25, -0.2) is 0 Å². The molecule has 4 bridgehead atoms. The number of aryl methyl sites for hydroxylation is 1. The van der Waals surface area contributed by atoms with Gasteiger partial charge in [0, 0.05) is 10.7 Å². The van der Waals surface area contributed by atoms with Gasteiger partial charge in [-0.1, -0.05) is 17.7 Å². The van der Waals surface area contributed by atoms with Gasteiger partial charge in [0.1, 0.15) is 0 Å². The molecule has 0 heterocycles. The van der Waals surface area contributed by atoms with E-state index in [0.717, 1.165) is 31.2 Å². The van der Waals surface area contributed by atoms with Crippen molar-refractivity contribution in [2.75, 3.05) is 11.9 Å². The van der Waals surface area contributed by atoms with E-state index in [2.05, 4.69) is 5.32 Å². The fourth-order valence-corrected chi connectivity index (χ4v) is 6.16. The maximum Gasteiger partial charge on any atom is 0.306 e. The standard InChI is InChI=1S/C21H26ClNO4/c1-13-2-3-16(5-17(13)22)23-18(24)11-27-19(25)10-20-6-14-4-15(7-20)9-21(26,8-14)12-20/h2-3,5,14-15,26H,4,6-12H2,1H3,(H,23,24)/t14-,15+,20?,21?. The van der Waals surface area contributed by atoms with Crippen molar-refractivity contribution >= 4 is 29.2 Å². The highest BCUT2D eigenvalue weighted by Crippen LogP contribution is 2.62. The fraction of sp³-hybridized carbons (Fsp3) is 0.619. The minimum atomic E-state index is -0.591. The summed E-state index contributed by atoms with van der Waals surface area (Å²) in [6.45, 7) is 1.58. The van der Waals surface area contributed by atoms with E-state index in [1.54, 1.807) is 12.1 Å². The summed E-state index contributed by atoms with van der Waals surface area (Å²) in [5.74, 6) is 0.322. The lowest BCUT2D eigenvalue weighted by Crippen LogP contribution is -2.56. The number of halogens is 1. The normalized spacial score (nSPS) is 33.7. The molecule has 4 saturated carbocycles. The van der Waals surface area contributed by atoms with Gasteiger partial charge in [-0.3, -0.25) is 9.59 Å². The number of carbonyl (C=O) groups is 2. The molecule has 5 rings (SSSR count). The molecule has 0 aromatic heterocycles. The van der Waals surface area contributed by atoms with E-state index in [9.17, 15) is 14.7 Å². The topological polar surface area (TPSA) is 75.6 Å². The molecule has 4 aliphatic rings. The molecule has 27 heavy (non-hydrogen) atoms. The van der Waals surface area contributed by atoms with Crippen LogP contribution in [-0.2, 0) is 14.3 Å². The molecule has 1 aromatic carbocycles. The molecule has 1 aromatic rings. The highest BCUT2D eigenvalue weighted by Gasteiger charge is 2.57. The van der Waals surface area contributed by atoms with Crippen molar-refractivity contribution in [2.24, 2.45) is 17.3 Å². The Balaban J connectivity index is 1.30. The van der Waals surface area contributed by atoms with E-state index in [0.29, 0.717) is 35.4 Å². The predicted molar refractivity (Wildman–Crippen MR) is 102 cm³/mol. The number of esters is 1. The average Bonchev–Trinajstić information content (AvgIpc) is 2.53. The first-order chi connectivity index (χ1) is 12.7. The van der Waals surface area contributed by atoms with E-state index in [-0.39, 0.29) is 23.9 Å². The van der Waals surface area contributed by atoms with Crippen LogP contribution in [0.15, 0.2) is 18.2 Å². The molecule has 0 spiro atoms. The number of rotatable bonds is 5.